The number of hydrogen-bond donors (Lipinski definition) is 2. The Hall–Kier alpha value is -2.56. The molecule has 5 nitrogen and oxygen atoms in total. The molecule has 0 saturated heterocycles. The van der Waals surface area contributed by atoms with Crippen molar-refractivity contribution in [2.24, 2.45) is 0 Å². The lowest BCUT2D eigenvalue weighted by Gasteiger charge is -1.98. The molecular formula is C13H11N3O2. The van der Waals surface area contributed by atoms with Crippen molar-refractivity contribution >= 4 is 16.9 Å². The number of carbonyl (C=O) groups excluding carboxylic acids is 1. The van der Waals surface area contributed by atoms with Gasteiger partial charge in [-0.15, -0.1) is 0 Å². The van der Waals surface area contributed by atoms with Gasteiger partial charge in [-0.25, -0.2) is 4.79 Å². The van der Waals surface area contributed by atoms with Gasteiger partial charge in [-0.2, -0.15) is 5.10 Å². The number of H-pyrrole nitrogens is 2. The highest BCUT2D eigenvalue weighted by molar-refractivity contribution is 5.95. The molecule has 2 N–H and O–H groups in total. The minimum Gasteiger partial charge on any atom is -0.465 e. The predicted molar refractivity (Wildman–Crippen MR) is 67.2 cm³/mol. The molecule has 2 aromatic heterocycles. The normalized spacial score (nSPS) is 10.7. The zero-order valence-corrected chi connectivity index (χ0v) is 9.73. The summed E-state index contributed by atoms with van der Waals surface area (Å²) in [7, 11) is 1.37. The Morgan fingerprint density at radius 3 is 2.83 bits per heavy atom. The highest BCUT2D eigenvalue weighted by atomic mass is 16.5. The van der Waals surface area contributed by atoms with E-state index in [1.54, 1.807) is 18.3 Å². The zero-order valence-electron chi connectivity index (χ0n) is 9.73. The van der Waals surface area contributed by atoms with Gasteiger partial charge in [-0.05, 0) is 24.3 Å². The van der Waals surface area contributed by atoms with Gasteiger partial charge in [0.25, 0.3) is 0 Å². The molecule has 0 amide bonds. The van der Waals surface area contributed by atoms with Gasteiger partial charge in [0.1, 0.15) is 0 Å². The van der Waals surface area contributed by atoms with Crippen LogP contribution in [0, 0.1) is 0 Å². The Balaban J connectivity index is 2.10. The van der Waals surface area contributed by atoms with Crippen molar-refractivity contribution < 1.29 is 9.53 Å². The summed E-state index contributed by atoms with van der Waals surface area (Å²) in [5, 5.41) is 7.83. The van der Waals surface area contributed by atoms with Crippen LogP contribution in [0.15, 0.2) is 36.5 Å². The smallest absolute Gasteiger partial charge is 0.337 e. The van der Waals surface area contributed by atoms with Crippen molar-refractivity contribution in [1.29, 1.82) is 0 Å². The van der Waals surface area contributed by atoms with Crippen LogP contribution in [0.1, 0.15) is 10.4 Å². The monoisotopic (exact) mass is 241 g/mol. The summed E-state index contributed by atoms with van der Waals surface area (Å²) in [6.45, 7) is 0. The Morgan fingerprint density at radius 2 is 2.11 bits per heavy atom. The average Bonchev–Trinajstić information content (AvgIpc) is 3.04. The number of fused-ring (bicyclic) bond motifs is 1. The number of carbonyl (C=O) groups is 1. The molecular weight excluding hydrogens is 230 g/mol. The standard InChI is InChI=1S/C13H11N3O2/c1-18-13(17)9-3-2-8-6-12(15-11(8)7-9)10-4-5-14-16-10/h2-7,15H,1H3,(H,14,16). The lowest BCUT2D eigenvalue weighted by Crippen LogP contribution is -2.00. The van der Waals surface area contributed by atoms with E-state index in [-0.39, 0.29) is 5.97 Å². The van der Waals surface area contributed by atoms with E-state index in [9.17, 15) is 4.79 Å². The summed E-state index contributed by atoms with van der Waals surface area (Å²) >= 11 is 0. The first-order valence-electron chi connectivity index (χ1n) is 5.49. The Bertz CT molecular complexity index is 698. The third-order valence-electron chi connectivity index (χ3n) is 2.83. The van der Waals surface area contributed by atoms with Crippen LogP contribution in [-0.4, -0.2) is 28.3 Å². The quantitative estimate of drug-likeness (QED) is 0.676. The summed E-state index contributed by atoms with van der Waals surface area (Å²) in [5.74, 6) is -0.338. The predicted octanol–water partition coefficient (Wildman–Crippen LogP) is 2.34. The third-order valence-corrected chi connectivity index (χ3v) is 2.83. The number of esters is 1. The van der Waals surface area contributed by atoms with Crippen LogP contribution >= 0.6 is 0 Å². The number of aromatic amines is 2. The molecule has 2 heterocycles. The molecule has 5 heteroatoms. The van der Waals surface area contributed by atoms with Crippen LogP contribution in [0.2, 0.25) is 0 Å². The van der Waals surface area contributed by atoms with Gasteiger partial charge >= 0.3 is 5.97 Å². The molecule has 1 aromatic carbocycles. The maximum atomic E-state index is 11.4. The number of nitrogens with zero attached hydrogens (tertiary/aromatic N) is 1. The SMILES string of the molecule is COC(=O)c1ccc2cc(-c3ccn[nH]3)[nH]c2c1. The number of aromatic nitrogens is 3. The minimum absolute atomic E-state index is 0.338. The molecule has 0 bridgehead atoms. The molecule has 18 heavy (non-hydrogen) atoms. The van der Waals surface area contributed by atoms with E-state index in [1.165, 1.54) is 7.11 Å². The second-order valence-electron chi connectivity index (χ2n) is 3.95. The van der Waals surface area contributed by atoms with Crippen molar-refractivity contribution in [2.75, 3.05) is 7.11 Å². The topological polar surface area (TPSA) is 70.8 Å². The lowest BCUT2D eigenvalue weighted by molar-refractivity contribution is 0.0601. The molecule has 0 aliphatic heterocycles. The van der Waals surface area contributed by atoms with Crippen LogP contribution in [0.25, 0.3) is 22.3 Å². The van der Waals surface area contributed by atoms with E-state index < -0.39 is 0 Å². The van der Waals surface area contributed by atoms with E-state index in [0.717, 1.165) is 22.3 Å². The fourth-order valence-electron chi connectivity index (χ4n) is 1.92. The lowest BCUT2D eigenvalue weighted by atomic mass is 10.1. The summed E-state index contributed by atoms with van der Waals surface area (Å²) in [6.07, 6.45) is 1.70. The molecule has 90 valence electrons. The number of hydrogen-bond acceptors (Lipinski definition) is 3. The van der Waals surface area contributed by atoms with Crippen LogP contribution in [0.3, 0.4) is 0 Å². The van der Waals surface area contributed by atoms with Gasteiger partial charge in [0.2, 0.25) is 0 Å². The van der Waals surface area contributed by atoms with E-state index in [2.05, 4.69) is 15.2 Å². The molecule has 3 rings (SSSR count). The molecule has 0 spiro atoms. The maximum Gasteiger partial charge on any atom is 0.337 e. The Labute approximate surface area is 103 Å². The molecule has 0 atom stereocenters. The van der Waals surface area contributed by atoms with Gasteiger partial charge in [-0.3, -0.25) is 5.10 Å². The Morgan fingerprint density at radius 1 is 1.22 bits per heavy atom. The van der Waals surface area contributed by atoms with Crippen LogP contribution in [0.4, 0.5) is 0 Å². The molecule has 0 fully saturated rings. The van der Waals surface area contributed by atoms with Gasteiger partial charge in [0.15, 0.2) is 0 Å². The number of nitrogens with one attached hydrogen (secondary N) is 2. The van der Waals surface area contributed by atoms with Crippen molar-refractivity contribution in [3.8, 4) is 11.4 Å². The second kappa shape index (κ2) is 4.03. The largest absolute Gasteiger partial charge is 0.465 e. The number of benzene rings is 1. The number of methoxy groups -OCH3 is 1. The summed E-state index contributed by atoms with van der Waals surface area (Å²) < 4.78 is 4.70. The van der Waals surface area contributed by atoms with Crippen molar-refractivity contribution in [1.82, 2.24) is 15.2 Å². The summed E-state index contributed by atoms with van der Waals surface area (Å²) in [6, 6.07) is 9.30. The van der Waals surface area contributed by atoms with Crippen LogP contribution in [0.5, 0.6) is 0 Å². The van der Waals surface area contributed by atoms with E-state index >= 15 is 0 Å². The van der Waals surface area contributed by atoms with Gasteiger partial charge in [0.05, 0.1) is 24.1 Å². The van der Waals surface area contributed by atoms with Gasteiger partial charge < -0.3 is 9.72 Å². The fraction of sp³-hybridized carbons (Fsp3) is 0.0769. The second-order valence-corrected chi connectivity index (χ2v) is 3.95. The zero-order chi connectivity index (χ0) is 12.5. The minimum atomic E-state index is -0.338. The number of ether oxygens (including phenoxy) is 1. The van der Waals surface area contributed by atoms with Gasteiger partial charge in [0, 0.05) is 17.1 Å². The van der Waals surface area contributed by atoms with Crippen molar-refractivity contribution in [3.63, 3.8) is 0 Å². The van der Waals surface area contributed by atoms with Gasteiger partial charge in [-0.1, -0.05) is 6.07 Å². The average molecular weight is 241 g/mol. The van der Waals surface area contributed by atoms with Crippen molar-refractivity contribution in [3.05, 3.63) is 42.1 Å². The molecule has 0 saturated carbocycles. The highest BCUT2D eigenvalue weighted by Crippen LogP contribution is 2.23. The Kier molecular flexibility index (Phi) is 2.37. The van der Waals surface area contributed by atoms with E-state index in [1.807, 2.05) is 18.2 Å². The first kappa shape index (κ1) is 10.6. The van der Waals surface area contributed by atoms with E-state index in [0.29, 0.717) is 5.56 Å². The first-order valence-corrected chi connectivity index (χ1v) is 5.49. The van der Waals surface area contributed by atoms with E-state index in [4.69, 9.17) is 4.74 Å². The maximum absolute atomic E-state index is 11.4. The van der Waals surface area contributed by atoms with Crippen LogP contribution in [-0.2, 0) is 4.74 Å². The summed E-state index contributed by atoms with van der Waals surface area (Å²) in [4.78, 5) is 14.7. The van der Waals surface area contributed by atoms with Crippen LogP contribution < -0.4 is 0 Å². The molecule has 0 radical (unpaired) electrons. The third kappa shape index (κ3) is 1.66. The first-order chi connectivity index (χ1) is 8.78. The molecule has 0 aliphatic carbocycles. The summed E-state index contributed by atoms with van der Waals surface area (Å²) in [5.41, 5.74) is 3.26. The molecule has 0 unspecified atom stereocenters. The number of rotatable bonds is 2. The van der Waals surface area contributed by atoms with Crippen molar-refractivity contribution in [2.45, 2.75) is 0 Å². The fourth-order valence-corrected chi connectivity index (χ4v) is 1.92. The molecule has 3 aromatic rings. The highest BCUT2D eigenvalue weighted by Gasteiger charge is 2.09. The molecule has 0 aliphatic rings.